The molecule has 1 fully saturated rings. The van der Waals surface area contributed by atoms with Crippen LogP contribution in [-0.2, 0) is 4.74 Å². The zero-order chi connectivity index (χ0) is 12.1. The van der Waals surface area contributed by atoms with Crippen molar-refractivity contribution in [2.24, 2.45) is 5.41 Å². The monoisotopic (exact) mass is 218 g/mol. The van der Waals surface area contributed by atoms with E-state index in [2.05, 4.69) is 26.3 Å². The van der Waals surface area contributed by atoms with Crippen LogP contribution in [0.25, 0.3) is 0 Å². The molecule has 16 heavy (non-hydrogen) atoms. The van der Waals surface area contributed by atoms with E-state index in [1.54, 1.807) is 0 Å². The van der Waals surface area contributed by atoms with E-state index in [1.807, 2.05) is 24.3 Å². The highest BCUT2D eigenvalue weighted by Crippen LogP contribution is 2.54. The fourth-order valence-corrected chi connectivity index (χ4v) is 2.71. The highest BCUT2D eigenvalue weighted by Gasteiger charge is 2.57. The standard InChI is InChI=1S/C15H22O/c1-5-9-14(10-6-2)13-16-15(14,11-7-3)12-8-4/h5-8H,1-4,9-13H2. The third-order valence-corrected chi connectivity index (χ3v) is 3.61. The summed E-state index contributed by atoms with van der Waals surface area (Å²) >= 11 is 0. The van der Waals surface area contributed by atoms with Gasteiger partial charge in [0.1, 0.15) is 0 Å². The molecule has 0 aromatic rings. The molecule has 1 rings (SSSR count). The zero-order valence-electron chi connectivity index (χ0n) is 10.1. The molecular weight excluding hydrogens is 196 g/mol. The van der Waals surface area contributed by atoms with Crippen molar-refractivity contribution in [2.75, 3.05) is 6.61 Å². The molecule has 0 atom stereocenters. The Hall–Kier alpha value is -1.08. The molecule has 88 valence electrons. The van der Waals surface area contributed by atoms with E-state index in [-0.39, 0.29) is 11.0 Å². The largest absolute Gasteiger partial charge is 0.373 e. The molecule has 0 radical (unpaired) electrons. The predicted octanol–water partition coefficient (Wildman–Crippen LogP) is 4.05. The Balaban J connectivity index is 2.96. The average molecular weight is 218 g/mol. The van der Waals surface area contributed by atoms with Crippen LogP contribution in [-0.4, -0.2) is 12.2 Å². The molecular formula is C15H22O. The lowest BCUT2D eigenvalue weighted by Gasteiger charge is -2.58. The van der Waals surface area contributed by atoms with E-state index >= 15 is 0 Å². The van der Waals surface area contributed by atoms with Gasteiger partial charge >= 0.3 is 0 Å². The van der Waals surface area contributed by atoms with E-state index in [1.165, 1.54) is 0 Å². The summed E-state index contributed by atoms with van der Waals surface area (Å²) in [4.78, 5) is 0. The first-order valence-electron chi connectivity index (χ1n) is 5.78. The minimum Gasteiger partial charge on any atom is -0.373 e. The molecule has 1 heteroatoms. The number of hydrogen-bond donors (Lipinski definition) is 0. The first kappa shape index (κ1) is 13.0. The molecule has 0 unspecified atom stereocenters. The molecule has 1 nitrogen and oxygen atoms in total. The summed E-state index contributed by atoms with van der Waals surface area (Å²) in [6.45, 7) is 16.2. The Labute approximate surface area is 99.2 Å². The van der Waals surface area contributed by atoms with Gasteiger partial charge < -0.3 is 4.74 Å². The van der Waals surface area contributed by atoms with Crippen molar-refractivity contribution in [3.05, 3.63) is 50.6 Å². The molecule has 1 saturated heterocycles. The Morgan fingerprint density at radius 2 is 1.25 bits per heavy atom. The van der Waals surface area contributed by atoms with Crippen LogP contribution in [0.3, 0.4) is 0 Å². The lowest BCUT2D eigenvalue weighted by atomic mass is 9.60. The number of hydrogen-bond acceptors (Lipinski definition) is 1. The van der Waals surface area contributed by atoms with Gasteiger partial charge in [0, 0.05) is 5.41 Å². The minimum absolute atomic E-state index is 0.138. The van der Waals surface area contributed by atoms with Crippen molar-refractivity contribution < 1.29 is 4.74 Å². The summed E-state index contributed by atoms with van der Waals surface area (Å²) in [6, 6.07) is 0. The molecule has 0 aromatic heterocycles. The fourth-order valence-electron chi connectivity index (χ4n) is 2.71. The van der Waals surface area contributed by atoms with Gasteiger partial charge in [0.25, 0.3) is 0 Å². The van der Waals surface area contributed by atoms with Crippen LogP contribution in [0.4, 0.5) is 0 Å². The second-order valence-corrected chi connectivity index (χ2v) is 4.53. The Bertz CT molecular complexity index is 238. The Kier molecular flexibility index (Phi) is 4.31. The summed E-state index contributed by atoms with van der Waals surface area (Å²) in [5, 5.41) is 0. The summed E-state index contributed by atoms with van der Waals surface area (Å²) in [5.74, 6) is 0. The second-order valence-electron chi connectivity index (χ2n) is 4.53. The summed E-state index contributed by atoms with van der Waals surface area (Å²) in [7, 11) is 0. The van der Waals surface area contributed by atoms with E-state index in [0.29, 0.717) is 0 Å². The van der Waals surface area contributed by atoms with Crippen LogP contribution in [0.5, 0.6) is 0 Å². The van der Waals surface area contributed by atoms with Crippen molar-refractivity contribution in [3.8, 4) is 0 Å². The fraction of sp³-hybridized carbons (Fsp3) is 0.467. The highest BCUT2D eigenvalue weighted by molar-refractivity contribution is 5.15. The van der Waals surface area contributed by atoms with E-state index in [4.69, 9.17) is 4.74 Å². The van der Waals surface area contributed by atoms with Crippen molar-refractivity contribution in [1.29, 1.82) is 0 Å². The van der Waals surface area contributed by atoms with E-state index < -0.39 is 0 Å². The van der Waals surface area contributed by atoms with Crippen molar-refractivity contribution in [3.63, 3.8) is 0 Å². The van der Waals surface area contributed by atoms with Crippen LogP contribution < -0.4 is 0 Å². The Morgan fingerprint density at radius 3 is 1.50 bits per heavy atom. The summed E-state index contributed by atoms with van der Waals surface area (Å²) < 4.78 is 5.88. The maximum Gasteiger partial charge on any atom is 0.0834 e. The van der Waals surface area contributed by atoms with Gasteiger partial charge in [0.05, 0.1) is 12.2 Å². The molecule has 1 heterocycles. The molecule has 1 aliphatic heterocycles. The molecule has 0 amide bonds. The first-order valence-corrected chi connectivity index (χ1v) is 5.78. The maximum absolute atomic E-state index is 5.88. The lowest BCUT2D eigenvalue weighted by Crippen LogP contribution is -2.62. The topological polar surface area (TPSA) is 9.23 Å². The van der Waals surface area contributed by atoms with Crippen molar-refractivity contribution in [2.45, 2.75) is 31.3 Å². The smallest absolute Gasteiger partial charge is 0.0834 e. The van der Waals surface area contributed by atoms with Crippen LogP contribution in [0, 0.1) is 5.41 Å². The molecule has 1 aliphatic rings. The van der Waals surface area contributed by atoms with Gasteiger partial charge in [-0.1, -0.05) is 24.3 Å². The molecule has 0 saturated carbocycles. The minimum atomic E-state index is -0.140. The quantitative estimate of drug-likeness (QED) is 0.558. The van der Waals surface area contributed by atoms with Crippen LogP contribution in [0.1, 0.15) is 25.7 Å². The highest BCUT2D eigenvalue weighted by atomic mass is 16.5. The van der Waals surface area contributed by atoms with Gasteiger partial charge in [-0.25, -0.2) is 0 Å². The molecule has 0 aliphatic carbocycles. The average Bonchev–Trinajstić information content (AvgIpc) is 2.27. The number of allylic oxidation sites excluding steroid dienone is 2. The second kappa shape index (κ2) is 5.31. The van der Waals surface area contributed by atoms with Crippen molar-refractivity contribution in [1.82, 2.24) is 0 Å². The summed E-state index contributed by atoms with van der Waals surface area (Å²) in [6.07, 6.45) is 11.5. The Morgan fingerprint density at radius 1 is 0.812 bits per heavy atom. The molecule has 0 spiro atoms. The zero-order valence-corrected chi connectivity index (χ0v) is 10.1. The van der Waals surface area contributed by atoms with Gasteiger partial charge in [-0.15, -0.1) is 26.3 Å². The van der Waals surface area contributed by atoms with Gasteiger partial charge in [0.2, 0.25) is 0 Å². The SMILES string of the molecule is C=CCC1(CC=C)COC1(CC=C)CC=C. The third-order valence-electron chi connectivity index (χ3n) is 3.61. The van der Waals surface area contributed by atoms with Crippen LogP contribution in [0.2, 0.25) is 0 Å². The van der Waals surface area contributed by atoms with Gasteiger partial charge in [-0.3, -0.25) is 0 Å². The van der Waals surface area contributed by atoms with Gasteiger partial charge in [0.15, 0.2) is 0 Å². The van der Waals surface area contributed by atoms with Crippen molar-refractivity contribution >= 4 is 0 Å². The summed E-state index contributed by atoms with van der Waals surface area (Å²) in [5.41, 5.74) is -0.00222. The van der Waals surface area contributed by atoms with Gasteiger partial charge in [-0.05, 0) is 25.7 Å². The third kappa shape index (κ3) is 1.92. The molecule has 0 bridgehead atoms. The predicted molar refractivity (Wildman–Crippen MR) is 70.4 cm³/mol. The molecule has 0 N–H and O–H groups in total. The normalized spacial score (nSPS) is 20.5. The maximum atomic E-state index is 5.88. The van der Waals surface area contributed by atoms with E-state index in [9.17, 15) is 0 Å². The van der Waals surface area contributed by atoms with Gasteiger partial charge in [-0.2, -0.15) is 0 Å². The number of ether oxygens (including phenoxy) is 1. The lowest BCUT2D eigenvalue weighted by molar-refractivity contribution is -0.262. The van der Waals surface area contributed by atoms with Crippen LogP contribution >= 0.6 is 0 Å². The van der Waals surface area contributed by atoms with E-state index in [0.717, 1.165) is 32.3 Å². The molecule has 0 aromatic carbocycles. The van der Waals surface area contributed by atoms with Crippen LogP contribution in [0.15, 0.2) is 50.6 Å². The number of rotatable bonds is 8. The first-order chi connectivity index (χ1) is 7.70.